The van der Waals surface area contributed by atoms with Gasteiger partial charge in [-0.05, 0) is 35.4 Å². The van der Waals surface area contributed by atoms with Crippen molar-refractivity contribution in [3.05, 3.63) is 95.7 Å². The van der Waals surface area contributed by atoms with Crippen LogP contribution in [0.3, 0.4) is 0 Å². The molecule has 122 valence electrons. The van der Waals surface area contributed by atoms with Gasteiger partial charge in [0.05, 0.1) is 11.2 Å². The fourth-order valence-electron chi connectivity index (χ4n) is 2.71. The number of H-pyrrole nitrogens is 1. The number of aromatic nitrogens is 2. The maximum atomic E-state index is 5.92. The first-order chi connectivity index (χ1) is 12.4. The lowest BCUT2D eigenvalue weighted by Crippen LogP contribution is -1.94. The van der Waals surface area contributed by atoms with Gasteiger partial charge in [0, 0.05) is 5.39 Å². The smallest absolute Gasteiger partial charge is 0.120 e. The van der Waals surface area contributed by atoms with Crippen molar-refractivity contribution < 1.29 is 4.74 Å². The third kappa shape index (κ3) is 3.61. The molecular formula is C22H18N2O. The fraction of sp³-hybridized carbons (Fsp3) is 0.0455. The molecule has 0 aliphatic heterocycles. The maximum Gasteiger partial charge on any atom is 0.120 e. The number of rotatable bonds is 5. The van der Waals surface area contributed by atoms with E-state index in [1.54, 1.807) is 0 Å². The summed E-state index contributed by atoms with van der Waals surface area (Å²) in [6.07, 6.45) is 4.09. The van der Waals surface area contributed by atoms with Crippen molar-refractivity contribution in [2.75, 3.05) is 0 Å². The zero-order valence-electron chi connectivity index (χ0n) is 13.7. The molecule has 0 saturated heterocycles. The van der Waals surface area contributed by atoms with E-state index in [0.717, 1.165) is 33.5 Å². The molecule has 0 spiro atoms. The van der Waals surface area contributed by atoms with Crippen LogP contribution in [0.5, 0.6) is 5.75 Å². The highest BCUT2D eigenvalue weighted by atomic mass is 16.5. The number of hydrogen-bond donors (Lipinski definition) is 1. The van der Waals surface area contributed by atoms with E-state index in [9.17, 15) is 0 Å². The second-order valence-electron chi connectivity index (χ2n) is 5.83. The molecule has 1 N–H and O–H groups in total. The van der Waals surface area contributed by atoms with E-state index in [0.29, 0.717) is 6.61 Å². The Morgan fingerprint density at radius 3 is 2.40 bits per heavy atom. The lowest BCUT2D eigenvalue weighted by atomic mass is 10.1. The molecule has 0 unspecified atom stereocenters. The van der Waals surface area contributed by atoms with Crippen LogP contribution in [0, 0.1) is 0 Å². The molecule has 1 aromatic heterocycles. The van der Waals surface area contributed by atoms with Crippen molar-refractivity contribution >= 4 is 23.1 Å². The van der Waals surface area contributed by atoms with Gasteiger partial charge in [0.25, 0.3) is 0 Å². The zero-order valence-corrected chi connectivity index (χ0v) is 13.7. The molecule has 3 nitrogen and oxygen atoms in total. The molecule has 4 aromatic rings. The third-order valence-electron chi connectivity index (χ3n) is 4.05. The van der Waals surface area contributed by atoms with Crippen LogP contribution in [0.25, 0.3) is 23.1 Å². The number of benzene rings is 3. The Hall–Kier alpha value is -3.33. The van der Waals surface area contributed by atoms with Crippen LogP contribution in [0.2, 0.25) is 0 Å². The van der Waals surface area contributed by atoms with Crippen LogP contribution in [0.15, 0.2) is 78.9 Å². The van der Waals surface area contributed by atoms with Gasteiger partial charge in [0.2, 0.25) is 0 Å². The predicted molar refractivity (Wildman–Crippen MR) is 102 cm³/mol. The second-order valence-corrected chi connectivity index (χ2v) is 5.83. The van der Waals surface area contributed by atoms with Gasteiger partial charge in [-0.2, -0.15) is 5.10 Å². The summed E-state index contributed by atoms with van der Waals surface area (Å²) in [7, 11) is 0. The highest BCUT2D eigenvalue weighted by molar-refractivity contribution is 5.90. The van der Waals surface area contributed by atoms with E-state index in [1.165, 1.54) is 0 Å². The molecule has 0 atom stereocenters. The molecule has 0 amide bonds. The molecule has 0 bridgehead atoms. The molecule has 0 aliphatic rings. The van der Waals surface area contributed by atoms with E-state index in [1.807, 2.05) is 60.7 Å². The molecule has 0 radical (unpaired) electrons. The SMILES string of the molecule is C(=C\c1n[nH]c2ccc(OCc3ccccc3)cc12)/c1ccccc1. The predicted octanol–water partition coefficient (Wildman–Crippen LogP) is 5.31. The van der Waals surface area contributed by atoms with Crippen molar-refractivity contribution in [2.24, 2.45) is 0 Å². The molecule has 0 saturated carbocycles. The summed E-state index contributed by atoms with van der Waals surface area (Å²) < 4.78 is 5.92. The average molecular weight is 326 g/mol. The minimum absolute atomic E-state index is 0.555. The summed E-state index contributed by atoms with van der Waals surface area (Å²) in [4.78, 5) is 0. The van der Waals surface area contributed by atoms with E-state index in [2.05, 4.69) is 40.5 Å². The standard InChI is InChI=1S/C22H18N2O/c1-3-7-17(8-4-1)11-13-21-20-15-19(12-14-22(20)24-23-21)25-16-18-9-5-2-6-10-18/h1-15H,16H2,(H,23,24)/b13-11+. The third-order valence-corrected chi connectivity index (χ3v) is 4.05. The molecule has 0 aliphatic carbocycles. The summed E-state index contributed by atoms with van der Waals surface area (Å²) in [5.41, 5.74) is 4.21. The Labute approximate surface area is 146 Å². The average Bonchev–Trinajstić information content (AvgIpc) is 3.09. The number of aromatic amines is 1. The summed E-state index contributed by atoms with van der Waals surface area (Å²) in [6, 6.07) is 26.4. The number of hydrogen-bond acceptors (Lipinski definition) is 2. The van der Waals surface area contributed by atoms with Crippen LogP contribution in [0.4, 0.5) is 0 Å². The van der Waals surface area contributed by atoms with Crippen LogP contribution in [-0.4, -0.2) is 10.2 Å². The minimum Gasteiger partial charge on any atom is -0.489 e. The fourth-order valence-corrected chi connectivity index (χ4v) is 2.71. The molecule has 25 heavy (non-hydrogen) atoms. The van der Waals surface area contributed by atoms with Gasteiger partial charge in [-0.1, -0.05) is 66.7 Å². The Morgan fingerprint density at radius 2 is 1.60 bits per heavy atom. The second kappa shape index (κ2) is 7.05. The van der Waals surface area contributed by atoms with Crippen molar-refractivity contribution in [1.29, 1.82) is 0 Å². The quantitative estimate of drug-likeness (QED) is 0.539. The summed E-state index contributed by atoms with van der Waals surface area (Å²) in [5, 5.41) is 8.52. The van der Waals surface area contributed by atoms with Gasteiger partial charge in [-0.15, -0.1) is 0 Å². The first-order valence-electron chi connectivity index (χ1n) is 8.26. The number of nitrogens with one attached hydrogen (secondary N) is 1. The zero-order chi connectivity index (χ0) is 16.9. The molecule has 3 aromatic carbocycles. The molecule has 1 heterocycles. The van der Waals surface area contributed by atoms with Crippen LogP contribution < -0.4 is 4.74 Å². The molecule has 0 fully saturated rings. The van der Waals surface area contributed by atoms with E-state index >= 15 is 0 Å². The highest BCUT2D eigenvalue weighted by Crippen LogP contribution is 2.24. The number of ether oxygens (including phenoxy) is 1. The largest absolute Gasteiger partial charge is 0.489 e. The maximum absolute atomic E-state index is 5.92. The number of nitrogens with zero attached hydrogens (tertiary/aromatic N) is 1. The molecule has 4 rings (SSSR count). The molecular weight excluding hydrogens is 308 g/mol. The van der Waals surface area contributed by atoms with Crippen molar-refractivity contribution in [3.8, 4) is 5.75 Å². The van der Waals surface area contributed by atoms with E-state index in [-0.39, 0.29) is 0 Å². The lowest BCUT2D eigenvalue weighted by Gasteiger charge is -2.06. The Balaban J connectivity index is 1.56. The van der Waals surface area contributed by atoms with Gasteiger partial charge >= 0.3 is 0 Å². The van der Waals surface area contributed by atoms with Gasteiger partial charge in [0.1, 0.15) is 12.4 Å². The van der Waals surface area contributed by atoms with Crippen molar-refractivity contribution in [1.82, 2.24) is 10.2 Å². The van der Waals surface area contributed by atoms with Crippen LogP contribution >= 0.6 is 0 Å². The highest BCUT2D eigenvalue weighted by Gasteiger charge is 2.05. The van der Waals surface area contributed by atoms with Gasteiger partial charge in [0.15, 0.2) is 0 Å². The Bertz CT molecular complexity index is 988. The van der Waals surface area contributed by atoms with Gasteiger partial charge < -0.3 is 4.74 Å². The molecule has 3 heteroatoms. The van der Waals surface area contributed by atoms with Crippen LogP contribution in [0.1, 0.15) is 16.8 Å². The first-order valence-corrected chi connectivity index (χ1v) is 8.26. The normalized spacial score (nSPS) is 11.2. The van der Waals surface area contributed by atoms with Gasteiger partial charge in [-0.25, -0.2) is 0 Å². The number of fused-ring (bicyclic) bond motifs is 1. The van der Waals surface area contributed by atoms with Crippen molar-refractivity contribution in [2.45, 2.75) is 6.61 Å². The summed E-state index contributed by atoms with van der Waals surface area (Å²) >= 11 is 0. The lowest BCUT2D eigenvalue weighted by molar-refractivity contribution is 0.306. The van der Waals surface area contributed by atoms with Crippen molar-refractivity contribution in [3.63, 3.8) is 0 Å². The van der Waals surface area contributed by atoms with E-state index in [4.69, 9.17) is 4.74 Å². The monoisotopic (exact) mass is 326 g/mol. The van der Waals surface area contributed by atoms with Crippen LogP contribution in [-0.2, 0) is 6.61 Å². The van der Waals surface area contributed by atoms with Gasteiger partial charge in [-0.3, -0.25) is 5.10 Å². The van der Waals surface area contributed by atoms with E-state index < -0.39 is 0 Å². The summed E-state index contributed by atoms with van der Waals surface area (Å²) in [6.45, 7) is 0.555. The Morgan fingerprint density at radius 1 is 0.840 bits per heavy atom. The minimum atomic E-state index is 0.555. The Kier molecular flexibility index (Phi) is 4.29. The summed E-state index contributed by atoms with van der Waals surface area (Å²) in [5.74, 6) is 0.840. The first kappa shape index (κ1) is 15.2. The topological polar surface area (TPSA) is 37.9 Å².